The van der Waals surface area contributed by atoms with E-state index in [2.05, 4.69) is 23.7 Å². The number of halogens is 1. The molecule has 1 heterocycles. The summed E-state index contributed by atoms with van der Waals surface area (Å²) in [6.07, 6.45) is -0.606. The van der Waals surface area contributed by atoms with Gasteiger partial charge in [0.05, 0.1) is 6.10 Å². The first-order chi connectivity index (χ1) is 8.66. The predicted molar refractivity (Wildman–Crippen MR) is 72.1 cm³/mol. The van der Waals surface area contributed by atoms with E-state index in [1.54, 1.807) is 23.5 Å². The Morgan fingerprint density at radius 3 is 2.61 bits per heavy atom. The summed E-state index contributed by atoms with van der Waals surface area (Å²) in [5.74, 6) is -0.284. The zero-order chi connectivity index (χ0) is 13.0. The van der Waals surface area contributed by atoms with E-state index in [-0.39, 0.29) is 5.82 Å². The second kappa shape index (κ2) is 6.09. The van der Waals surface area contributed by atoms with E-state index in [0.717, 1.165) is 12.1 Å². The van der Waals surface area contributed by atoms with Gasteiger partial charge in [-0.25, -0.2) is 4.39 Å². The van der Waals surface area contributed by atoms with Gasteiger partial charge in [0.25, 0.3) is 0 Å². The molecule has 2 rings (SSSR count). The number of hydrogen-bond donors (Lipinski definition) is 2. The van der Waals surface area contributed by atoms with Gasteiger partial charge in [-0.15, -0.1) is 11.3 Å². The molecule has 1 aromatic carbocycles. The first-order valence-corrected chi connectivity index (χ1v) is 6.72. The lowest BCUT2D eigenvalue weighted by atomic mass is 10.1. The zero-order valence-corrected chi connectivity index (χ0v) is 11.0. The van der Waals surface area contributed by atoms with Crippen molar-refractivity contribution in [2.45, 2.75) is 19.6 Å². The van der Waals surface area contributed by atoms with Crippen LogP contribution in [0.1, 0.15) is 22.1 Å². The van der Waals surface area contributed by atoms with Crippen LogP contribution in [0.2, 0.25) is 0 Å². The smallest absolute Gasteiger partial charge is 0.123 e. The number of rotatable bonds is 5. The highest BCUT2D eigenvalue weighted by Gasteiger charge is 2.07. The summed E-state index contributed by atoms with van der Waals surface area (Å²) in [6.45, 7) is 3.29. The molecule has 0 aliphatic heterocycles. The first-order valence-electron chi connectivity index (χ1n) is 5.84. The van der Waals surface area contributed by atoms with Gasteiger partial charge < -0.3 is 10.4 Å². The minimum Gasteiger partial charge on any atom is -0.387 e. The summed E-state index contributed by atoms with van der Waals surface area (Å²) in [5, 5.41) is 15.2. The lowest BCUT2D eigenvalue weighted by Gasteiger charge is -2.12. The molecular formula is C14H16FNOS. The maximum absolute atomic E-state index is 12.7. The molecule has 1 atom stereocenters. The van der Waals surface area contributed by atoms with E-state index in [4.69, 9.17) is 0 Å². The molecule has 0 fully saturated rings. The highest BCUT2D eigenvalue weighted by Crippen LogP contribution is 2.16. The molecule has 0 saturated heterocycles. The third-order valence-corrected chi connectivity index (χ3v) is 3.87. The maximum Gasteiger partial charge on any atom is 0.123 e. The lowest BCUT2D eigenvalue weighted by Crippen LogP contribution is -2.20. The minimum absolute atomic E-state index is 0.284. The molecule has 0 aliphatic carbocycles. The van der Waals surface area contributed by atoms with E-state index < -0.39 is 6.10 Å². The van der Waals surface area contributed by atoms with Crippen molar-refractivity contribution in [2.24, 2.45) is 0 Å². The Labute approximate surface area is 110 Å². The third kappa shape index (κ3) is 3.38. The molecule has 0 amide bonds. The summed E-state index contributed by atoms with van der Waals surface area (Å²) in [4.78, 5) is 1.28. The lowest BCUT2D eigenvalue weighted by molar-refractivity contribution is 0.174. The molecule has 2 N–H and O–H groups in total. The summed E-state index contributed by atoms with van der Waals surface area (Å²) in [6, 6.07) is 8.03. The number of aliphatic hydroxyl groups excluding tert-OH is 1. The summed E-state index contributed by atoms with van der Waals surface area (Å²) >= 11 is 1.71. The van der Waals surface area contributed by atoms with Gasteiger partial charge in [0.15, 0.2) is 0 Å². The van der Waals surface area contributed by atoms with Crippen molar-refractivity contribution in [3.05, 3.63) is 57.5 Å². The fourth-order valence-electron chi connectivity index (χ4n) is 1.71. The Balaban J connectivity index is 1.83. The van der Waals surface area contributed by atoms with Crippen LogP contribution in [0, 0.1) is 12.7 Å². The van der Waals surface area contributed by atoms with E-state index in [1.807, 2.05) is 0 Å². The van der Waals surface area contributed by atoms with Crippen molar-refractivity contribution >= 4 is 11.3 Å². The van der Waals surface area contributed by atoms with Gasteiger partial charge in [0.1, 0.15) is 5.82 Å². The van der Waals surface area contributed by atoms with Crippen molar-refractivity contribution < 1.29 is 9.50 Å². The molecule has 0 saturated carbocycles. The molecule has 4 heteroatoms. The predicted octanol–water partition coefficient (Wildman–Crippen LogP) is 3.02. The zero-order valence-electron chi connectivity index (χ0n) is 10.2. The minimum atomic E-state index is -0.606. The molecule has 96 valence electrons. The van der Waals surface area contributed by atoms with Crippen LogP contribution >= 0.6 is 11.3 Å². The summed E-state index contributed by atoms with van der Waals surface area (Å²) in [5.41, 5.74) is 2.00. The topological polar surface area (TPSA) is 32.3 Å². The molecule has 2 aromatic rings. The molecular weight excluding hydrogens is 249 g/mol. The van der Waals surface area contributed by atoms with E-state index in [9.17, 15) is 9.50 Å². The second-order valence-corrected chi connectivity index (χ2v) is 5.23. The van der Waals surface area contributed by atoms with Gasteiger partial charge in [-0.2, -0.15) is 0 Å². The molecule has 0 bridgehead atoms. The number of hydrogen-bond acceptors (Lipinski definition) is 3. The van der Waals surface area contributed by atoms with Crippen LogP contribution in [0.3, 0.4) is 0 Å². The van der Waals surface area contributed by atoms with Crippen molar-refractivity contribution in [2.75, 3.05) is 6.54 Å². The maximum atomic E-state index is 12.7. The Bertz CT molecular complexity index is 495. The monoisotopic (exact) mass is 265 g/mol. The average molecular weight is 265 g/mol. The number of nitrogens with one attached hydrogen (secondary N) is 1. The van der Waals surface area contributed by atoms with Gasteiger partial charge in [0.2, 0.25) is 0 Å². The average Bonchev–Trinajstić information content (AvgIpc) is 2.76. The number of aliphatic hydroxyl groups is 1. The number of aryl methyl sites for hydroxylation is 1. The van der Waals surface area contributed by atoms with Crippen LogP contribution in [0.15, 0.2) is 35.7 Å². The normalized spacial score (nSPS) is 12.6. The van der Waals surface area contributed by atoms with Crippen LogP contribution in [-0.2, 0) is 6.54 Å². The van der Waals surface area contributed by atoms with Gasteiger partial charge in [-0.1, -0.05) is 12.1 Å². The third-order valence-electron chi connectivity index (χ3n) is 2.85. The van der Waals surface area contributed by atoms with Gasteiger partial charge in [-0.05, 0) is 41.6 Å². The largest absolute Gasteiger partial charge is 0.387 e. The van der Waals surface area contributed by atoms with Crippen LogP contribution < -0.4 is 5.32 Å². The van der Waals surface area contributed by atoms with Crippen molar-refractivity contribution in [3.63, 3.8) is 0 Å². The Hall–Kier alpha value is -1.23. The molecule has 1 aromatic heterocycles. The number of benzene rings is 1. The quantitative estimate of drug-likeness (QED) is 0.871. The van der Waals surface area contributed by atoms with Gasteiger partial charge in [-0.3, -0.25) is 0 Å². The molecule has 0 aliphatic rings. The van der Waals surface area contributed by atoms with Crippen molar-refractivity contribution in [1.82, 2.24) is 5.32 Å². The van der Waals surface area contributed by atoms with Gasteiger partial charge in [0, 0.05) is 18.0 Å². The van der Waals surface area contributed by atoms with Crippen LogP contribution in [-0.4, -0.2) is 11.7 Å². The van der Waals surface area contributed by atoms with Crippen molar-refractivity contribution in [1.29, 1.82) is 0 Å². The molecule has 2 nitrogen and oxygen atoms in total. The van der Waals surface area contributed by atoms with Gasteiger partial charge >= 0.3 is 0 Å². The Morgan fingerprint density at radius 2 is 2.00 bits per heavy atom. The van der Waals surface area contributed by atoms with E-state index in [1.165, 1.54) is 22.6 Å². The molecule has 0 spiro atoms. The Morgan fingerprint density at radius 1 is 1.28 bits per heavy atom. The van der Waals surface area contributed by atoms with Crippen LogP contribution in [0.25, 0.3) is 0 Å². The van der Waals surface area contributed by atoms with E-state index in [0.29, 0.717) is 6.54 Å². The molecule has 1 unspecified atom stereocenters. The van der Waals surface area contributed by atoms with Crippen LogP contribution in [0.5, 0.6) is 0 Å². The van der Waals surface area contributed by atoms with E-state index >= 15 is 0 Å². The highest BCUT2D eigenvalue weighted by molar-refractivity contribution is 7.10. The second-order valence-electron chi connectivity index (χ2n) is 4.23. The van der Waals surface area contributed by atoms with Crippen LogP contribution in [0.4, 0.5) is 4.39 Å². The summed E-state index contributed by atoms with van der Waals surface area (Å²) in [7, 11) is 0. The highest BCUT2D eigenvalue weighted by atomic mass is 32.1. The molecule has 18 heavy (non-hydrogen) atoms. The SMILES string of the molecule is Cc1ccsc1CNCC(O)c1ccc(F)cc1. The van der Waals surface area contributed by atoms with Crippen molar-refractivity contribution in [3.8, 4) is 0 Å². The summed E-state index contributed by atoms with van der Waals surface area (Å²) < 4.78 is 12.7. The number of thiophene rings is 1. The fourth-order valence-corrected chi connectivity index (χ4v) is 2.59. The molecule has 0 radical (unpaired) electrons. The standard InChI is InChI=1S/C14H16FNOS/c1-10-6-7-18-14(10)9-16-8-13(17)11-2-4-12(15)5-3-11/h2-7,13,16-17H,8-9H2,1H3. The fraction of sp³-hybridized carbons (Fsp3) is 0.286. The first kappa shape index (κ1) is 13.2. The Kier molecular flexibility index (Phi) is 4.47.